The second kappa shape index (κ2) is 4.60. The molecule has 1 fully saturated rings. The zero-order valence-electron chi connectivity index (χ0n) is 9.83. The van der Waals surface area contributed by atoms with Crippen molar-refractivity contribution in [2.75, 3.05) is 31.2 Å². The maximum absolute atomic E-state index is 12.5. The average Bonchev–Trinajstić information content (AvgIpc) is 2.61. The molecule has 1 atom stereocenters. The second-order valence-electron chi connectivity index (χ2n) is 4.39. The summed E-state index contributed by atoms with van der Waals surface area (Å²) in [5.41, 5.74) is 5.36. The van der Waals surface area contributed by atoms with Crippen LogP contribution >= 0.6 is 0 Å². The molecular weight excluding hydrogens is 247 g/mol. The molecular formula is C10H14F3N5. The van der Waals surface area contributed by atoms with Crippen LogP contribution in [0.15, 0.2) is 6.07 Å². The zero-order chi connectivity index (χ0) is 13.3. The molecule has 1 saturated heterocycles. The van der Waals surface area contributed by atoms with Gasteiger partial charge < -0.3 is 16.0 Å². The van der Waals surface area contributed by atoms with E-state index in [1.165, 1.54) is 6.07 Å². The summed E-state index contributed by atoms with van der Waals surface area (Å²) < 4.78 is 37.5. The topological polar surface area (TPSA) is 67.1 Å². The van der Waals surface area contributed by atoms with Crippen molar-refractivity contribution in [2.24, 2.45) is 0 Å². The van der Waals surface area contributed by atoms with Gasteiger partial charge in [-0.15, -0.1) is 0 Å². The maximum Gasteiger partial charge on any atom is 0.451 e. The van der Waals surface area contributed by atoms with Crippen LogP contribution in [-0.4, -0.2) is 41.0 Å². The third-order valence-corrected chi connectivity index (χ3v) is 2.74. The fourth-order valence-corrected chi connectivity index (χ4v) is 1.93. The van der Waals surface area contributed by atoms with E-state index in [2.05, 4.69) is 20.2 Å². The number of rotatable bonds is 2. The summed E-state index contributed by atoms with van der Waals surface area (Å²) in [5.74, 6) is -1.28. The SMILES string of the molecule is CN1CCC(Nc2cc(N)nc(C(F)(F)F)n2)C1. The fraction of sp³-hybridized carbons (Fsp3) is 0.600. The Morgan fingerprint density at radius 1 is 1.44 bits per heavy atom. The number of nitrogens with two attached hydrogens (primary N) is 1. The van der Waals surface area contributed by atoms with Crippen molar-refractivity contribution < 1.29 is 13.2 Å². The summed E-state index contributed by atoms with van der Waals surface area (Å²) in [6.45, 7) is 1.68. The van der Waals surface area contributed by atoms with E-state index in [1.54, 1.807) is 0 Å². The van der Waals surface area contributed by atoms with Gasteiger partial charge in [-0.05, 0) is 20.0 Å². The number of halogens is 3. The summed E-state index contributed by atoms with van der Waals surface area (Å²) >= 11 is 0. The van der Waals surface area contributed by atoms with Crippen LogP contribution in [0.2, 0.25) is 0 Å². The molecule has 1 aliphatic rings. The standard InChI is InChI=1S/C10H14F3N5/c1-18-3-2-6(5-18)15-8-4-7(14)16-9(17-8)10(11,12)13/h4,6H,2-3,5H2,1H3,(H3,14,15,16,17). The van der Waals surface area contributed by atoms with Crippen LogP contribution in [0.1, 0.15) is 12.2 Å². The highest BCUT2D eigenvalue weighted by atomic mass is 19.4. The third-order valence-electron chi connectivity index (χ3n) is 2.74. The van der Waals surface area contributed by atoms with Crippen LogP contribution in [0.4, 0.5) is 24.8 Å². The highest BCUT2D eigenvalue weighted by molar-refractivity contribution is 5.45. The number of likely N-dealkylation sites (N-methyl/N-ethyl adjacent to an activating group) is 1. The lowest BCUT2D eigenvalue weighted by molar-refractivity contribution is -0.144. The highest BCUT2D eigenvalue weighted by Gasteiger charge is 2.35. The molecule has 18 heavy (non-hydrogen) atoms. The van der Waals surface area contributed by atoms with E-state index in [0.29, 0.717) is 0 Å². The van der Waals surface area contributed by atoms with E-state index in [4.69, 9.17) is 5.73 Å². The van der Waals surface area contributed by atoms with Gasteiger partial charge in [-0.2, -0.15) is 13.2 Å². The molecule has 1 aromatic rings. The molecule has 0 radical (unpaired) electrons. The van der Waals surface area contributed by atoms with E-state index >= 15 is 0 Å². The van der Waals surface area contributed by atoms with E-state index in [-0.39, 0.29) is 17.7 Å². The molecule has 8 heteroatoms. The molecule has 0 saturated carbocycles. The average molecular weight is 261 g/mol. The van der Waals surface area contributed by atoms with E-state index < -0.39 is 12.0 Å². The molecule has 2 heterocycles. The number of nitrogens with zero attached hydrogens (tertiary/aromatic N) is 3. The van der Waals surface area contributed by atoms with Crippen molar-refractivity contribution >= 4 is 11.6 Å². The first kappa shape index (κ1) is 12.9. The molecule has 1 aromatic heterocycles. The van der Waals surface area contributed by atoms with E-state index in [0.717, 1.165) is 19.5 Å². The monoisotopic (exact) mass is 261 g/mol. The number of alkyl halides is 3. The highest BCUT2D eigenvalue weighted by Crippen LogP contribution is 2.28. The first-order valence-corrected chi connectivity index (χ1v) is 5.51. The first-order valence-electron chi connectivity index (χ1n) is 5.51. The van der Waals surface area contributed by atoms with Crippen molar-refractivity contribution in [2.45, 2.75) is 18.6 Å². The van der Waals surface area contributed by atoms with Crippen LogP contribution in [0.3, 0.4) is 0 Å². The second-order valence-corrected chi connectivity index (χ2v) is 4.39. The minimum Gasteiger partial charge on any atom is -0.384 e. The van der Waals surface area contributed by atoms with Crippen molar-refractivity contribution in [1.82, 2.24) is 14.9 Å². The molecule has 1 unspecified atom stereocenters. The number of nitrogens with one attached hydrogen (secondary N) is 1. The molecule has 0 aliphatic carbocycles. The molecule has 1 aliphatic heterocycles. The van der Waals surface area contributed by atoms with E-state index in [9.17, 15) is 13.2 Å². The van der Waals surface area contributed by atoms with Crippen LogP contribution in [0.5, 0.6) is 0 Å². The summed E-state index contributed by atoms with van der Waals surface area (Å²) in [6.07, 6.45) is -3.72. The van der Waals surface area contributed by atoms with Crippen molar-refractivity contribution in [3.63, 3.8) is 0 Å². The molecule has 0 bridgehead atoms. The van der Waals surface area contributed by atoms with Gasteiger partial charge in [-0.25, -0.2) is 9.97 Å². The summed E-state index contributed by atoms with van der Waals surface area (Å²) in [4.78, 5) is 8.72. The lowest BCUT2D eigenvalue weighted by atomic mass is 10.2. The van der Waals surface area contributed by atoms with Gasteiger partial charge in [0.25, 0.3) is 0 Å². The Morgan fingerprint density at radius 2 is 2.17 bits per heavy atom. The van der Waals surface area contributed by atoms with Gasteiger partial charge in [0.15, 0.2) is 0 Å². The Balaban J connectivity index is 2.15. The Hall–Kier alpha value is -1.57. The largest absolute Gasteiger partial charge is 0.451 e. The minimum absolute atomic E-state index is 0.0883. The van der Waals surface area contributed by atoms with Crippen LogP contribution in [0.25, 0.3) is 0 Å². The van der Waals surface area contributed by atoms with E-state index in [1.807, 2.05) is 7.05 Å². The van der Waals surface area contributed by atoms with Gasteiger partial charge in [0, 0.05) is 18.7 Å². The number of anilines is 2. The third kappa shape index (κ3) is 3.00. The van der Waals surface area contributed by atoms with Crippen LogP contribution in [0, 0.1) is 0 Å². The maximum atomic E-state index is 12.5. The molecule has 2 rings (SSSR count). The van der Waals surface area contributed by atoms with Crippen LogP contribution < -0.4 is 11.1 Å². The Labute approximate surface area is 102 Å². The van der Waals surface area contributed by atoms with Gasteiger partial charge >= 0.3 is 6.18 Å². The molecule has 3 N–H and O–H groups in total. The van der Waals surface area contributed by atoms with Crippen molar-refractivity contribution in [3.05, 3.63) is 11.9 Å². The van der Waals surface area contributed by atoms with Crippen molar-refractivity contribution in [3.8, 4) is 0 Å². The predicted octanol–water partition coefficient (Wildman–Crippen LogP) is 1.19. The van der Waals surface area contributed by atoms with Crippen LogP contribution in [-0.2, 0) is 6.18 Å². The lowest BCUT2D eigenvalue weighted by Gasteiger charge is -2.15. The summed E-state index contributed by atoms with van der Waals surface area (Å²) in [5, 5.41) is 2.95. The van der Waals surface area contributed by atoms with Crippen molar-refractivity contribution in [1.29, 1.82) is 0 Å². The van der Waals surface area contributed by atoms with Gasteiger partial charge in [-0.1, -0.05) is 0 Å². The van der Waals surface area contributed by atoms with Gasteiger partial charge in [0.1, 0.15) is 11.6 Å². The summed E-state index contributed by atoms with van der Waals surface area (Å²) in [6, 6.07) is 1.40. The first-order chi connectivity index (χ1) is 8.34. The molecule has 0 aromatic carbocycles. The normalized spacial score (nSPS) is 21.2. The fourth-order valence-electron chi connectivity index (χ4n) is 1.93. The molecule has 0 spiro atoms. The Kier molecular flexibility index (Phi) is 3.29. The number of nitrogen functional groups attached to an aromatic ring is 1. The number of likely N-dealkylation sites (tertiary alicyclic amines) is 1. The molecule has 100 valence electrons. The minimum atomic E-state index is -4.59. The number of hydrogen-bond acceptors (Lipinski definition) is 5. The number of hydrogen-bond donors (Lipinski definition) is 2. The number of aromatic nitrogens is 2. The quantitative estimate of drug-likeness (QED) is 0.837. The molecule has 5 nitrogen and oxygen atoms in total. The summed E-state index contributed by atoms with van der Waals surface area (Å²) in [7, 11) is 1.96. The van der Waals surface area contributed by atoms with Gasteiger partial charge in [0.2, 0.25) is 5.82 Å². The smallest absolute Gasteiger partial charge is 0.384 e. The lowest BCUT2D eigenvalue weighted by Crippen LogP contribution is -2.25. The van der Waals surface area contributed by atoms with Gasteiger partial charge in [0.05, 0.1) is 0 Å². The zero-order valence-corrected chi connectivity index (χ0v) is 9.83. The Morgan fingerprint density at radius 3 is 2.72 bits per heavy atom. The molecule has 0 amide bonds. The predicted molar refractivity (Wildman–Crippen MR) is 61.0 cm³/mol. The Bertz CT molecular complexity index is 434. The van der Waals surface area contributed by atoms with Gasteiger partial charge in [-0.3, -0.25) is 0 Å².